The molecule has 1 saturated carbocycles. The second-order valence-electron chi connectivity index (χ2n) is 5.26. The van der Waals surface area contributed by atoms with Crippen molar-refractivity contribution in [1.29, 1.82) is 0 Å². The van der Waals surface area contributed by atoms with Gasteiger partial charge in [0.15, 0.2) is 0 Å². The van der Waals surface area contributed by atoms with E-state index in [1.807, 2.05) is 0 Å². The maximum atomic E-state index is 12.8. The van der Waals surface area contributed by atoms with Crippen molar-refractivity contribution in [1.82, 2.24) is 15.2 Å². The molecule has 1 fully saturated rings. The fourth-order valence-electron chi connectivity index (χ4n) is 2.93. The van der Waals surface area contributed by atoms with E-state index in [9.17, 15) is 13.2 Å². The van der Waals surface area contributed by atoms with Crippen LogP contribution in [-0.4, -0.2) is 16.0 Å². The standard InChI is InChI=1S/C12H19F3N4/c1-19-7-9(6-17-19)11(18-16)8-3-2-4-10(5-8)12(13,14)15/h6-8,10-11,18H,2-5,16H2,1H3. The summed E-state index contributed by atoms with van der Waals surface area (Å²) in [5.41, 5.74) is 3.50. The lowest BCUT2D eigenvalue weighted by Gasteiger charge is -2.34. The Morgan fingerprint density at radius 3 is 2.74 bits per heavy atom. The van der Waals surface area contributed by atoms with Crippen LogP contribution in [0.5, 0.6) is 0 Å². The van der Waals surface area contributed by atoms with E-state index in [4.69, 9.17) is 5.84 Å². The molecule has 4 nitrogen and oxygen atoms in total. The summed E-state index contributed by atoms with van der Waals surface area (Å²) in [4.78, 5) is 0. The first-order valence-corrected chi connectivity index (χ1v) is 6.43. The van der Waals surface area contributed by atoms with Gasteiger partial charge in [-0.05, 0) is 25.2 Å². The molecule has 0 saturated heterocycles. The summed E-state index contributed by atoms with van der Waals surface area (Å²) < 4.78 is 40.1. The van der Waals surface area contributed by atoms with Gasteiger partial charge < -0.3 is 0 Å². The van der Waals surface area contributed by atoms with E-state index in [0.717, 1.165) is 12.0 Å². The van der Waals surface area contributed by atoms with E-state index in [1.165, 1.54) is 0 Å². The van der Waals surface area contributed by atoms with Crippen molar-refractivity contribution in [2.75, 3.05) is 0 Å². The number of aromatic nitrogens is 2. The van der Waals surface area contributed by atoms with Gasteiger partial charge in [-0.3, -0.25) is 16.0 Å². The number of hydrogen-bond donors (Lipinski definition) is 2. The zero-order valence-electron chi connectivity index (χ0n) is 10.8. The molecule has 3 atom stereocenters. The Balaban J connectivity index is 2.10. The van der Waals surface area contributed by atoms with Crippen LogP contribution in [0.25, 0.3) is 0 Å². The van der Waals surface area contributed by atoms with Crippen molar-refractivity contribution in [2.45, 2.75) is 37.9 Å². The summed E-state index contributed by atoms with van der Waals surface area (Å²) in [6.45, 7) is 0. The number of nitrogens with two attached hydrogens (primary N) is 1. The molecule has 3 N–H and O–H groups in total. The highest BCUT2D eigenvalue weighted by Crippen LogP contribution is 2.43. The van der Waals surface area contributed by atoms with E-state index in [1.54, 1.807) is 24.1 Å². The van der Waals surface area contributed by atoms with Crippen LogP contribution >= 0.6 is 0 Å². The minimum Gasteiger partial charge on any atom is -0.275 e. The van der Waals surface area contributed by atoms with Gasteiger partial charge >= 0.3 is 6.18 Å². The number of hydrazine groups is 1. The van der Waals surface area contributed by atoms with Gasteiger partial charge in [-0.2, -0.15) is 18.3 Å². The van der Waals surface area contributed by atoms with Gasteiger partial charge in [-0.15, -0.1) is 0 Å². The van der Waals surface area contributed by atoms with Crippen LogP contribution in [0.3, 0.4) is 0 Å². The van der Waals surface area contributed by atoms with E-state index in [0.29, 0.717) is 6.42 Å². The topological polar surface area (TPSA) is 55.9 Å². The molecule has 1 aliphatic rings. The van der Waals surface area contributed by atoms with E-state index in [-0.39, 0.29) is 24.8 Å². The molecule has 1 aliphatic carbocycles. The van der Waals surface area contributed by atoms with Gasteiger partial charge in [-0.1, -0.05) is 6.42 Å². The van der Waals surface area contributed by atoms with Crippen LogP contribution in [0, 0.1) is 11.8 Å². The maximum absolute atomic E-state index is 12.8. The summed E-state index contributed by atoms with van der Waals surface area (Å²) in [5.74, 6) is 4.22. The van der Waals surface area contributed by atoms with Crippen molar-refractivity contribution in [3.05, 3.63) is 18.0 Å². The highest BCUT2D eigenvalue weighted by atomic mass is 19.4. The predicted molar refractivity (Wildman–Crippen MR) is 64.8 cm³/mol. The molecule has 2 rings (SSSR count). The van der Waals surface area contributed by atoms with Gasteiger partial charge in [0.2, 0.25) is 0 Å². The molecule has 108 valence electrons. The number of nitrogens with zero attached hydrogens (tertiary/aromatic N) is 2. The number of aryl methyl sites for hydroxylation is 1. The van der Waals surface area contributed by atoms with Crippen molar-refractivity contribution in [3.63, 3.8) is 0 Å². The fraction of sp³-hybridized carbons (Fsp3) is 0.750. The molecule has 1 heterocycles. The Labute approximate surface area is 110 Å². The van der Waals surface area contributed by atoms with E-state index < -0.39 is 12.1 Å². The molecule has 7 heteroatoms. The maximum Gasteiger partial charge on any atom is 0.391 e. The van der Waals surface area contributed by atoms with Gasteiger partial charge in [0, 0.05) is 18.8 Å². The van der Waals surface area contributed by atoms with Crippen molar-refractivity contribution in [3.8, 4) is 0 Å². The smallest absolute Gasteiger partial charge is 0.275 e. The Kier molecular flexibility index (Phi) is 4.15. The summed E-state index contributed by atoms with van der Waals surface area (Å²) in [6.07, 6.45) is 1.05. The third-order valence-corrected chi connectivity index (χ3v) is 3.91. The van der Waals surface area contributed by atoms with Crippen LogP contribution in [0.2, 0.25) is 0 Å². The second kappa shape index (κ2) is 5.50. The van der Waals surface area contributed by atoms with Crippen LogP contribution in [0.4, 0.5) is 13.2 Å². The highest BCUT2D eigenvalue weighted by Gasteiger charge is 2.43. The lowest BCUT2D eigenvalue weighted by molar-refractivity contribution is -0.186. The van der Waals surface area contributed by atoms with Crippen LogP contribution in [0.1, 0.15) is 37.3 Å². The second-order valence-corrected chi connectivity index (χ2v) is 5.26. The van der Waals surface area contributed by atoms with Gasteiger partial charge in [0.05, 0.1) is 18.2 Å². The quantitative estimate of drug-likeness (QED) is 0.658. The summed E-state index contributed by atoms with van der Waals surface area (Å²) >= 11 is 0. The molecule has 19 heavy (non-hydrogen) atoms. The zero-order chi connectivity index (χ0) is 14.0. The van der Waals surface area contributed by atoms with Gasteiger partial charge in [0.25, 0.3) is 0 Å². The fourth-order valence-corrected chi connectivity index (χ4v) is 2.93. The average molecular weight is 276 g/mol. The largest absolute Gasteiger partial charge is 0.391 e. The molecular formula is C12H19F3N4. The first kappa shape index (κ1) is 14.3. The third kappa shape index (κ3) is 3.27. The highest BCUT2D eigenvalue weighted by molar-refractivity contribution is 5.12. The molecule has 0 aliphatic heterocycles. The van der Waals surface area contributed by atoms with E-state index >= 15 is 0 Å². The van der Waals surface area contributed by atoms with Gasteiger partial charge in [-0.25, -0.2) is 0 Å². The summed E-state index contributed by atoms with van der Waals surface area (Å²) in [5, 5.41) is 4.05. The summed E-state index contributed by atoms with van der Waals surface area (Å²) in [7, 11) is 1.77. The predicted octanol–water partition coefficient (Wildman–Crippen LogP) is 2.29. The van der Waals surface area contributed by atoms with Crippen molar-refractivity contribution < 1.29 is 13.2 Å². The van der Waals surface area contributed by atoms with E-state index in [2.05, 4.69) is 10.5 Å². The lowest BCUT2D eigenvalue weighted by atomic mass is 9.76. The number of nitrogens with one attached hydrogen (secondary N) is 1. The van der Waals surface area contributed by atoms with Crippen molar-refractivity contribution in [2.24, 2.45) is 24.7 Å². The average Bonchev–Trinajstić information content (AvgIpc) is 2.76. The molecule has 3 unspecified atom stereocenters. The molecule has 1 aromatic rings. The van der Waals surface area contributed by atoms with Crippen LogP contribution < -0.4 is 11.3 Å². The first-order valence-electron chi connectivity index (χ1n) is 6.43. The zero-order valence-corrected chi connectivity index (χ0v) is 10.8. The monoisotopic (exact) mass is 276 g/mol. The molecule has 0 spiro atoms. The Hall–Kier alpha value is -1.08. The van der Waals surface area contributed by atoms with Crippen LogP contribution in [-0.2, 0) is 7.05 Å². The van der Waals surface area contributed by atoms with Crippen LogP contribution in [0.15, 0.2) is 12.4 Å². The number of halogens is 3. The normalized spacial score (nSPS) is 26.4. The van der Waals surface area contributed by atoms with Gasteiger partial charge in [0.1, 0.15) is 0 Å². The lowest BCUT2D eigenvalue weighted by Crippen LogP contribution is -2.38. The molecule has 0 radical (unpaired) electrons. The minimum absolute atomic E-state index is 0.102. The molecular weight excluding hydrogens is 257 g/mol. The third-order valence-electron chi connectivity index (χ3n) is 3.91. The Morgan fingerprint density at radius 2 is 2.21 bits per heavy atom. The minimum atomic E-state index is -4.10. The molecule has 0 aromatic carbocycles. The Bertz CT molecular complexity index is 415. The first-order chi connectivity index (χ1) is 8.91. The number of alkyl halides is 3. The molecule has 1 aromatic heterocycles. The summed E-state index contributed by atoms with van der Waals surface area (Å²) in [6, 6.07) is -0.265. The molecule has 0 amide bonds. The SMILES string of the molecule is Cn1cc(C(NN)C2CCCC(C(F)(F)F)C2)cn1. The Morgan fingerprint density at radius 1 is 1.47 bits per heavy atom. The number of rotatable bonds is 3. The van der Waals surface area contributed by atoms with Crippen molar-refractivity contribution >= 4 is 0 Å². The molecule has 0 bridgehead atoms. The number of hydrogen-bond acceptors (Lipinski definition) is 3.